The second kappa shape index (κ2) is 11.4. The lowest BCUT2D eigenvalue weighted by atomic mass is 10.2. The van der Waals surface area contributed by atoms with Crippen molar-refractivity contribution in [1.29, 1.82) is 0 Å². The van der Waals surface area contributed by atoms with E-state index in [1.807, 2.05) is 12.1 Å². The zero-order valence-corrected chi connectivity index (χ0v) is 17.9. The van der Waals surface area contributed by atoms with Gasteiger partial charge in [-0.25, -0.2) is 0 Å². The number of hydrogen-bond donors (Lipinski definition) is 3. The zero-order chi connectivity index (χ0) is 21.2. The molecular weight excluding hydrogens is 378 g/mol. The number of amides is 1. The number of carbonyl (C=O) groups is 1. The molecule has 1 aliphatic rings. The van der Waals surface area contributed by atoms with E-state index in [0.717, 1.165) is 39.3 Å². The minimum Gasteiger partial charge on any atom is -0.497 e. The average Bonchev–Trinajstić information content (AvgIpc) is 2.79. The van der Waals surface area contributed by atoms with Crippen molar-refractivity contribution in [3.8, 4) is 11.5 Å². The largest absolute Gasteiger partial charge is 0.497 e. The Kier molecular flexibility index (Phi) is 8.30. The summed E-state index contributed by atoms with van der Waals surface area (Å²) < 4.78 is 10.6. The number of methoxy groups -OCH3 is 2. The Balaban J connectivity index is 1.38. The van der Waals surface area contributed by atoms with Gasteiger partial charge in [-0.2, -0.15) is 0 Å². The second-order valence-electron chi connectivity index (χ2n) is 7.63. The number of nitrogens with one attached hydrogen (secondary N) is 3. The summed E-state index contributed by atoms with van der Waals surface area (Å²) in [6.45, 7) is 6.39. The summed E-state index contributed by atoms with van der Waals surface area (Å²) in [5.74, 6) is 1.34. The Morgan fingerprint density at radius 2 is 1.73 bits per heavy atom. The van der Waals surface area contributed by atoms with E-state index in [9.17, 15) is 4.79 Å². The minimum absolute atomic E-state index is 0.00891. The zero-order valence-electron chi connectivity index (χ0n) is 17.9. The summed E-state index contributed by atoms with van der Waals surface area (Å²) in [6, 6.07) is 15.8. The van der Waals surface area contributed by atoms with Crippen LogP contribution in [0.15, 0.2) is 54.6 Å². The quantitative estimate of drug-likeness (QED) is 0.564. The van der Waals surface area contributed by atoms with Crippen molar-refractivity contribution in [3.63, 3.8) is 0 Å². The van der Waals surface area contributed by atoms with Crippen molar-refractivity contribution < 1.29 is 24.1 Å². The van der Waals surface area contributed by atoms with Crippen LogP contribution in [-0.2, 0) is 4.79 Å². The first kappa shape index (κ1) is 21.9. The Hall–Kier alpha value is -2.83. The first-order valence-corrected chi connectivity index (χ1v) is 10.6. The van der Waals surface area contributed by atoms with Crippen molar-refractivity contribution in [2.45, 2.75) is 6.42 Å². The highest BCUT2D eigenvalue weighted by Crippen LogP contribution is 2.28. The molecule has 6 heteroatoms. The third-order valence-corrected chi connectivity index (χ3v) is 5.57. The van der Waals surface area contributed by atoms with Crippen molar-refractivity contribution in [2.24, 2.45) is 0 Å². The molecule has 2 aromatic rings. The SMILES string of the molecule is COc1ccc(OC)c(NC(=O)CC[NH+]2CC[NH+](C/C=C/c3ccccc3)CC2)c1. The molecule has 0 bridgehead atoms. The van der Waals surface area contributed by atoms with E-state index in [0.29, 0.717) is 23.6 Å². The van der Waals surface area contributed by atoms with Crippen LogP contribution in [0.1, 0.15) is 12.0 Å². The van der Waals surface area contributed by atoms with Crippen molar-refractivity contribution in [1.82, 2.24) is 0 Å². The highest BCUT2D eigenvalue weighted by Gasteiger charge is 2.22. The summed E-state index contributed by atoms with van der Waals surface area (Å²) >= 11 is 0. The second-order valence-corrected chi connectivity index (χ2v) is 7.63. The van der Waals surface area contributed by atoms with Gasteiger partial charge in [0.05, 0.1) is 39.4 Å². The molecule has 0 aliphatic carbocycles. The molecule has 30 heavy (non-hydrogen) atoms. The molecule has 3 N–H and O–H groups in total. The number of rotatable bonds is 9. The highest BCUT2D eigenvalue weighted by molar-refractivity contribution is 5.92. The van der Waals surface area contributed by atoms with Gasteiger partial charge in [-0.1, -0.05) is 36.4 Å². The van der Waals surface area contributed by atoms with E-state index in [4.69, 9.17) is 9.47 Å². The topological polar surface area (TPSA) is 56.4 Å². The molecule has 1 fully saturated rings. The number of benzene rings is 2. The van der Waals surface area contributed by atoms with E-state index in [1.165, 1.54) is 10.5 Å². The molecular formula is C24H33N3O3+2. The van der Waals surface area contributed by atoms with Gasteiger partial charge in [0.25, 0.3) is 0 Å². The van der Waals surface area contributed by atoms with E-state index in [-0.39, 0.29) is 5.91 Å². The van der Waals surface area contributed by atoms with E-state index in [2.05, 4.69) is 41.7 Å². The Labute approximate surface area is 179 Å². The summed E-state index contributed by atoms with van der Waals surface area (Å²) in [6.07, 6.45) is 4.97. The van der Waals surface area contributed by atoms with Crippen LogP contribution in [-0.4, -0.2) is 59.4 Å². The monoisotopic (exact) mass is 411 g/mol. The third kappa shape index (κ3) is 6.61. The summed E-state index contributed by atoms with van der Waals surface area (Å²) in [4.78, 5) is 15.5. The molecule has 0 spiro atoms. The molecule has 0 saturated carbocycles. The lowest BCUT2D eigenvalue weighted by Gasteiger charge is -2.29. The van der Waals surface area contributed by atoms with Crippen LogP contribution in [0.25, 0.3) is 6.08 Å². The van der Waals surface area contributed by atoms with Gasteiger partial charge in [0.15, 0.2) is 0 Å². The normalized spacial score (nSPS) is 18.9. The number of piperazine rings is 1. The van der Waals surface area contributed by atoms with Crippen LogP contribution in [0.4, 0.5) is 5.69 Å². The number of ether oxygens (including phenoxy) is 2. The first-order chi connectivity index (χ1) is 14.7. The van der Waals surface area contributed by atoms with Crippen LogP contribution in [0, 0.1) is 0 Å². The van der Waals surface area contributed by atoms with Crippen molar-refractivity contribution >= 4 is 17.7 Å². The fourth-order valence-electron chi connectivity index (χ4n) is 3.75. The van der Waals surface area contributed by atoms with Crippen LogP contribution < -0.4 is 24.6 Å². The van der Waals surface area contributed by atoms with Gasteiger partial charge in [-0.15, -0.1) is 0 Å². The molecule has 3 rings (SSSR count). The molecule has 1 heterocycles. The van der Waals surface area contributed by atoms with E-state index < -0.39 is 0 Å². The molecule has 1 saturated heterocycles. The number of anilines is 1. The smallest absolute Gasteiger partial charge is 0.230 e. The molecule has 2 aromatic carbocycles. The molecule has 1 amide bonds. The summed E-state index contributed by atoms with van der Waals surface area (Å²) in [5.41, 5.74) is 1.90. The molecule has 1 aliphatic heterocycles. The molecule has 0 unspecified atom stereocenters. The Morgan fingerprint density at radius 3 is 2.43 bits per heavy atom. The van der Waals surface area contributed by atoms with Crippen LogP contribution in [0.2, 0.25) is 0 Å². The maximum atomic E-state index is 12.4. The maximum Gasteiger partial charge on any atom is 0.230 e. The maximum absolute atomic E-state index is 12.4. The van der Waals surface area contributed by atoms with Gasteiger partial charge >= 0.3 is 0 Å². The third-order valence-electron chi connectivity index (χ3n) is 5.57. The van der Waals surface area contributed by atoms with Gasteiger partial charge in [0, 0.05) is 6.07 Å². The lowest BCUT2D eigenvalue weighted by molar-refractivity contribution is -1.01. The van der Waals surface area contributed by atoms with Gasteiger partial charge in [0.2, 0.25) is 5.91 Å². The Bertz CT molecular complexity index is 831. The number of hydrogen-bond acceptors (Lipinski definition) is 3. The Morgan fingerprint density at radius 1 is 1.00 bits per heavy atom. The fourth-order valence-corrected chi connectivity index (χ4v) is 3.75. The first-order valence-electron chi connectivity index (χ1n) is 10.6. The lowest BCUT2D eigenvalue weighted by Crippen LogP contribution is -3.28. The predicted octanol–water partition coefficient (Wildman–Crippen LogP) is 0.529. The van der Waals surface area contributed by atoms with Crippen LogP contribution in [0.5, 0.6) is 11.5 Å². The van der Waals surface area contributed by atoms with Gasteiger partial charge in [0.1, 0.15) is 37.7 Å². The fraction of sp³-hybridized carbons (Fsp3) is 0.375. The number of carbonyl (C=O) groups excluding carboxylic acids is 1. The van der Waals surface area contributed by atoms with Gasteiger partial charge < -0.3 is 24.6 Å². The van der Waals surface area contributed by atoms with Gasteiger partial charge in [-0.3, -0.25) is 4.79 Å². The summed E-state index contributed by atoms with van der Waals surface area (Å²) in [5, 5.41) is 2.96. The predicted molar refractivity (Wildman–Crippen MR) is 119 cm³/mol. The molecule has 0 radical (unpaired) electrons. The minimum atomic E-state index is 0.00891. The van der Waals surface area contributed by atoms with E-state index >= 15 is 0 Å². The van der Waals surface area contributed by atoms with Crippen molar-refractivity contribution in [3.05, 3.63) is 60.2 Å². The van der Waals surface area contributed by atoms with Crippen molar-refractivity contribution in [2.75, 3.05) is 58.8 Å². The standard InChI is InChI=1S/C24H31N3O3/c1-29-21-10-11-23(30-2)22(19-21)25-24(28)12-14-27-17-15-26(16-18-27)13-6-9-20-7-4-3-5-8-20/h3-11,19H,12-18H2,1-2H3,(H,25,28)/p+2/b9-6+. The number of quaternary nitrogens is 2. The average molecular weight is 412 g/mol. The molecule has 0 atom stereocenters. The highest BCUT2D eigenvalue weighted by atomic mass is 16.5. The molecule has 160 valence electrons. The molecule has 0 aromatic heterocycles. The van der Waals surface area contributed by atoms with Gasteiger partial charge in [-0.05, 0) is 23.8 Å². The van der Waals surface area contributed by atoms with E-state index in [1.54, 1.807) is 31.3 Å². The van der Waals surface area contributed by atoms with Crippen LogP contribution in [0.3, 0.4) is 0 Å². The van der Waals surface area contributed by atoms with Crippen LogP contribution >= 0.6 is 0 Å². The molecule has 6 nitrogen and oxygen atoms in total. The summed E-state index contributed by atoms with van der Waals surface area (Å²) in [7, 11) is 3.20.